The number of benzene rings is 1. The molecule has 0 aromatic heterocycles. The molecule has 1 spiro atoms. The van der Waals surface area contributed by atoms with Crippen LogP contribution in [0.3, 0.4) is 0 Å². The lowest BCUT2D eigenvalue weighted by molar-refractivity contribution is -0.169. The molecule has 0 unspecified atom stereocenters. The van der Waals surface area contributed by atoms with Gasteiger partial charge >= 0.3 is 0 Å². The monoisotopic (exact) mass is 497 g/mol. The lowest BCUT2D eigenvalue weighted by Gasteiger charge is -2.42. The molecule has 0 N–H and O–H groups in total. The van der Waals surface area contributed by atoms with Gasteiger partial charge in [0.1, 0.15) is 0 Å². The van der Waals surface area contributed by atoms with Gasteiger partial charge < -0.3 is 19.3 Å². The Hall–Kier alpha value is -1.30. The number of nitrogens with zero attached hydrogens (tertiary/aromatic N) is 3. The quantitative estimate of drug-likeness (QED) is 0.462. The van der Waals surface area contributed by atoms with E-state index in [1.54, 1.807) is 5.56 Å². The molecule has 0 atom stereocenters. The molecule has 3 saturated heterocycles. The van der Waals surface area contributed by atoms with Gasteiger partial charge in [0.15, 0.2) is 5.79 Å². The SMILES string of the molecule is CCCCN1CCN(c2ccc(N3CCC4(CC3)OCCO4)cc2C2CCC(C(C)(C)C)CC2)CC1. The molecule has 0 amide bonds. The van der Waals surface area contributed by atoms with Gasteiger partial charge in [0.2, 0.25) is 0 Å². The lowest BCUT2D eigenvalue weighted by Crippen LogP contribution is -2.47. The number of rotatable bonds is 6. The molecule has 4 aliphatic rings. The van der Waals surface area contributed by atoms with Gasteiger partial charge in [-0.25, -0.2) is 0 Å². The third-order valence-corrected chi connectivity index (χ3v) is 9.65. The van der Waals surface area contributed by atoms with Crippen LogP contribution >= 0.6 is 0 Å². The highest BCUT2D eigenvalue weighted by atomic mass is 16.7. The van der Waals surface area contributed by atoms with Crippen molar-refractivity contribution in [1.29, 1.82) is 0 Å². The standard InChI is InChI=1S/C31H51N3O2/c1-5-6-15-32-18-20-34(21-19-32)29-12-11-27(33-16-13-31(14-17-33)35-22-23-36-31)24-28(29)25-7-9-26(10-8-25)30(2,3)4/h11-12,24-26H,5-10,13-23H2,1-4H3. The highest BCUT2D eigenvalue weighted by molar-refractivity contribution is 5.63. The van der Waals surface area contributed by atoms with Crippen molar-refractivity contribution in [1.82, 2.24) is 4.90 Å². The molecule has 4 fully saturated rings. The van der Waals surface area contributed by atoms with Crippen LogP contribution in [-0.4, -0.2) is 69.7 Å². The largest absolute Gasteiger partial charge is 0.371 e. The highest BCUT2D eigenvalue weighted by Crippen LogP contribution is 2.46. The fourth-order valence-corrected chi connectivity index (χ4v) is 7.11. The fourth-order valence-electron chi connectivity index (χ4n) is 7.11. The van der Waals surface area contributed by atoms with Crippen molar-refractivity contribution in [3.8, 4) is 0 Å². The molecule has 5 heteroatoms. The smallest absolute Gasteiger partial charge is 0.171 e. The van der Waals surface area contributed by atoms with Crippen molar-refractivity contribution < 1.29 is 9.47 Å². The van der Waals surface area contributed by atoms with Crippen molar-refractivity contribution in [3.05, 3.63) is 23.8 Å². The Morgan fingerprint density at radius 3 is 2.14 bits per heavy atom. The summed E-state index contributed by atoms with van der Waals surface area (Å²) in [4.78, 5) is 7.94. The minimum atomic E-state index is -0.304. The van der Waals surface area contributed by atoms with Crippen molar-refractivity contribution >= 4 is 11.4 Å². The third-order valence-electron chi connectivity index (χ3n) is 9.65. The molecule has 1 saturated carbocycles. The van der Waals surface area contributed by atoms with E-state index in [4.69, 9.17) is 9.47 Å². The third kappa shape index (κ3) is 5.89. The van der Waals surface area contributed by atoms with E-state index in [2.05, 4.69) is 60.6 Å². The van der Waals surface area contributed by atoms with Gasteiger partial charge in [-0.05, 0) is 79.7 Å². The second kappa shape index (κ2) is 11.2. The van der Waals surface area contributed by atoms with E-state index in [0.29, 0.717) is 11.3 Å². The number of piperidine rings is 1. The predicted octanol–water partition coefficient (Wildman–Crippen LogP) is 6.27. The minimum absolute atomic E-state index is 0.304. The van der Waals surface area contributed by atoms with Gasteiger partial charge in [0.05, 0.1) is 13.2 Å². The van der Waals surface area contributed by atoms with E-state index in [0.717, 1.165) is 58.2 Å². The molecule has 5 nitrogen and oxygen atoms in total. The second-order valence-corrected chi connectivity index (χ2v) is 12.9. The van der Waals surface area contributed by atoms with Gasteiger partial charge in [0.25, 0.3) is 0 Å². The summed E-state index contributed by atoms with van der Waals surface area (Å²) in [7, 11) is 0. The molecule has 36 heavy (non-hydrogen) atoms. The number of hydrogen-bond acceptors (Lipinski definition) is 5. The van der Waals surface area contributed by atoms with Crippen LogP contribution in [-0.2, 0) is 9.47 Å². The predicted molar refractivity (Wildman–Crippen MR) is 150 cm³/mol. The van der Waals surface area contributed by atoms with Crippen LogP contribution in [0.4, 0.5) is 11.4 Å². The van der Waals surface area contributed by atoms with Crippen LogP contribution in [0.15, 0.2) is 18.2 Å². The fraction of sp³-hybridized carbons (Fsp3) is 0.806. The van der Waals surface area contributed by atoms with Crippen LogP contribution in [0, 0.1) is 11.3 Å². The van der Waals surface area contributed by atoms with Crippen LogP contribution in [0.1, 0.15) is 90.5 Å². The second-order valence-electron chi connectivity index (χ2n) is 12.9. The van der Waals surface area contributed by atoms with E-state index >= 15 is 0 Å². The molecule has 3 aliphatic heterocycles. The lowest BCUT2D eigenvalue weighted by atomic mass is 9.68. The number of unbranched alkanes of at least 4 members (excludes halogenated alkanes) is 1. The molecule has 1 aromatic carbocycles. The summed E-state index contributed by atoms with van der Waals surface area (Å²) < 4.78 is 12.0. The van der Waals surface area contributed by atoms with E-state index in [-0.39, 0.29) is 5.79 Å². The molecule has 1 aliphatic carbocycles. The first-order valence-electron chi connectivity index (χ1n) is 15.0. The van der Waals surface area contributed by atoms with Crippen molar-refractivity contribution in [2.75, 3.05) is 68.8 Å². The van der Waals surface area contributed by atoms with Gasteiger partial charge in [0, 0.05) is 63.5 Å². The van der Waals surface area contributed by atoms with E-state index in [1.807, 2.05) is 0 Å². The molecule has 0 bridgehead atoms. The summed E-state index contributed by atoms with van der Waals surface area (Å²) >= 11 is 0. The Morgan fingerprint density at radius 2 is 1.53 bits per heavy atom. The van der Waals surface area contributed by atoms with E-state index in [9.17, 15) is 0 Å². The Labute approximate surface area is 220 Å². The number of ether oxygens (including phenoxy) is 2. The number of piperazine rings is 1. The number of hydrogen-bond donors (Lipinski definition) is 0. The maximum absolute atomic E-state index is 5.99. The Bertz CT molecular complexity index is 834. The number of anilines is 2. The average Bonchev–Trinajstić information content (AvgIpc) is 3.35. The van der Waals surface area contributed by atoms with Gasteiger partial charge in [-0.1, -0.05) is 34.1 Å². The molecule has 5 rings (SSSR count). The Kier molecular flexibility index (Phi) is 8.19. The van der Waals surface area contributed by atoms with Gasteiger partial charge in [-0.3, -0.25) is 4.90 Å². The first-order chi connectivity index (χ1) is 17.4. The molecule has 0 radical (unpaired) electrons. The topological polar surface area (TPSA) is 28.2 Å². The normalized spacial score (nSPS) is 27.7. The molecule has 3 heterocycles. The van der Waals surface area contributed by atoms with Gasteiger partial charge in [-0.2, -0.15) is 0 Å². The van der Waals surface area contributed by atoms with Crippen LogP contribution in [0.2, 0.25) is 0 Å². The first-order valence-corrected chi connectivity index (χ1v) is 15.0. The summed E-state index contributed by atoms with van der Waals surface area (Å²) in [5.41, 5.74) is 4.97. The van der Waals surface area contributed by atoms with Crippen LogP contribution in [0.25, 0.3) is 0 Å². The van der Waals surface area contributed by atoms with E-state index < -0.39 is 0 Å². The zero-order chi connectivity index (χ0) is 25.2. The summed E-state index contributed by atoms with van der Waals surface area (Å²) in [5.74, 6) is 1.24. The van der Waals surface area contributed by atoms with E-state index in [1.165, 1.54) is 69.5 Å². The van der Waals surface area contributed by atoms with Crippen LogP contribution in [0.5, 0.6) is 0 Å². The molecule has 202 valence electrons. The maximum atomic E-state index is 5.99. The van der Waals surface area contributed by atoms with Crippen molar-refractivity contribution in [3.63, 3.8) is 0 Å². The Morgan fingerprint density at radius 1 is 0.861 bits per heavy atom. The van der Waals surface area contributed by atoms with Crippen LogP contribution < -0.4 is 9.80 Å². The zero-order valence-corrected chi connectivity index (χ0v) is 23.6. The summed E-state index contributed by atoms with van der Waals surface area (Å²) in [6.45, 7) is 19.1. The minimum Gasteiger partial charge on any atom is -0.371 e. The first kappa shape index (κ1) is 26.3. The maximum Gasteiger partial charge on any atom is 0.171 e. The summed E-state index contributed by atoms with van der Waals surface area (Å²) in [5, 5.41) is 0. The molecular weight excluding hydrogens is 446 g/mol. The van der Waals surface area contributed by atoms with Gasteiger partial charge in [-0.15, -0.1) is 0 Å². The molecule has 1 aromatic rings. The Balaban J connectivity index is 1.32. The van der Waals surface area contributed by atoms with Crippen molar-refractivity contribution in [2.45, 2.75) is 90.8 Å². The zero-order valence-electron chi connectivity index (χ0n) is 23.6. The average molecular weight is 498 g/mol. The van der Waals surface area contributed by atoms with Crippen molar-refractivity contribution in [2.24, 2.45) is 11.3 Å². The summed E-state index contributed by atoms with van der Waals surface area (Å²) in [6, 6.07) is 7.45. The highest BCUT2D eigenvalue weighted by Gasteiger charge is 2.40. The molecular formula is C31H51N3O2. The summed E-state index contributed by atoms with van der Waals surface area (Å²) in [6.07, 6.45) is 9.95.